The number of likely N-dealkylation sites (tertiary alicyclic amines) is 1. The molecular weight excluding hydrogens is 334 g/mol. The van der Waals surface area contributed by atoms with Gasteiger partial charge < -0.3 is 18.8 Å². The van der Waals surface area contributed by atoms with E-state index in [-0.39, 0.29) is 12.0 Å². The molecule has 4 rings (SSSR count). The third-order valence-corrected chi connectivity index (χ3v) is 5.06. The van der Waals surface area contributed by atoms with Crippen molar-refractivity contribution in [1.82, 2.24) is 14.8 Å². The number of rotatable bonds is 4. The van der Waals surface area contributed by atoms with Gasteiger partial charge >= 0.3 is 0 Å². The summed E-state index contributed by atoms with van der Waals surface area (Å²) in [5, 5.41) is 0. The Bertz CT molecular complexity index is 749. The Labute approximate surface area is 152 Å². The number of pyridine rings is 1. The lowest BCUT2D eigenvalue weighted by Gasteiger charge is -2.23. The van der Waals surface area contributed by atoms with Crippen molar-refractivity contribution in [2.45, 2.75) is 12.6 Å². The first kappa shape index (κ1) is 17.1. The number of fused-ring (bicyclic) bond motifs is 1. The highest BCUT2D eigenvalue weighted by Gasteiger charge is 2.38. The van der Waals surface area contributed by atoms with Crippen molar-refractivity contribution in [2.24, 2.45) is 5.92 Å². The first-order valence-corrected chi connectivity index (χ1v) is 8.89. The van der Waals surface area contributed by atoms with Gasteiger partial charge in [-0.3, -0.25) is 9.69 Å². The lowest BCUT2D eigenvalue weighted by molar-refractivity contribution is 0.0498. The molecule has 26 heavy (non-hydrogen) atoms. The Morgan fingerprint density at radius 3 is 3.04 bits per heavy atom. The molecule has 2 fully saturated rings. The van der Waals surface area contributed by atoms with Crippen LogP contribution in [0.2, 0.25) is 0 Å². The van der Waals surface area contributed by atoms with Gasteiger partial charge in [-0.05, 0) is 18.2 Å². The van der Waals surface area contributed by atoms with Crippen molar-refractivity contribution in [1.29, 1.82) is 0 Å². The first-order valence-electron chi connectivity index (χ1n) is 8.89. The van der Waals surface area contributed by atoms with E-state index in [0.29, 0.717) is 37.3 Å². The lowest BCUT2D eigenvalue weighted by Crippen LogP contribution is -2.37. The van der Waals surface area contributed by atoms with E-state index in [1.165, 1.54) is 6.26 Å². The van der Waals surface area contributed by atoms with Gasteiger partial charge in [0.1, 0.15) is 0 Å². The monoisotopic (exact) mass is 357 g/mol. The van der Waals surface area contributed by atoms with Crippen molar-refractivity contribution in [3.63, 3.8) is 0 Å². The van der Waals surface area contributed by atoms with Crippen molar-refractivity contribution >= 4 is 5.91 Å². The van der Waals surface area contributed by atoms with Crippen LogP contribution in [-0.4, -0.2) is 66.7 Å². The highest BCUT2D eigenvalue weighted by Crippen LogP contribution is 2.27. The van der Waals surface area contributed by atoms with Gasteiger partial charge in [0.25, 0.3) is 5.91 Å². The first-order chi connectivity index (χ1) is 12.7. The molecule has 2 aromatic heterocycles. The summed E-state index contributed by atoms with van der Waals surface area (Å²) in [6.07, 6.45) is 3.41. The van der Waals surface area contributed by atoms with Gasteiger partial charge in [-0.1, -0.05) is 6.07 Å². The summed E-state index contributed by atoms with van der Waals surface area (Å²) in [6, 6.07) is 7.41. The predicted octanol–water partition coefficient (Wildman–Crippen LogP) is 1.66. The molecule has 2 aliphatic rings. The van der Waals surface area contributed by atoms with E-state index in [4.69, 9.17) is 13.9 Å². The number of hydrogen-bond acceptors (Lipinski definition) is 6. The molecule has 0 N–H and O–H groups in total. The van der Waals surface area contributed by atoms with Crippen molar-refractivity contribution in [3.8, 4) is 5.88 Å². The fourth-order valence-corrected chi connectivity index (χ4v) is 3.82. The largest absolute Gasteiger partial charge is 0.481 e. The Morgan fingerprint density at radius 2 is 2.23 bits per heavy atom. The van der Waals surface area contributed by atoms with Gasteiger partial charge in [0, 0.05) is 50.4 Å². The van der Waals surface area contributed by atoms with E-state index < -0.39 is 0 Å². The van der Waals surface area contributed by atoms with Crippen LogP contribution in [0.1, 0.15) is 16.1 Å². The molecule has 2 aliphatic heterocycles. The second-order valence-corrected chi connectivity index (χ2v) is 6.76. The number of methoxy groups -OCH3 is 1. The zero-order valence-corrected chi connectivity index (χ0v) is 14.8. The summed E-state index contributed by atoms with van der Waals surface area (Å²) in [4.78, 5) is 21.0. The maximum atomic E-state index is 12.6. The van der Waals surface area contributed by atoms with E-state index in [1.54, 1.807) is 25.4 Å². The highest BCUT2D eigenvalue weighted by atomic mass is 16.5. The van der Waals surface area contributed by atoms with E-state index in [2.05, 4.69) is 9.88 Å². The third kappa shape index (κ3) is 3.45. The normalized spacial score (nSPS) is 23.5. The zero-order valence-electron chi connectivity index (χ0n) is 14.8. The second-order valence-electron chi connectivity index (χ2n) is 6.76. The second kappa shape index (κ2) is 7.47. The molecule has 1 amide bonds. The molecule has 0 saturated carbocycles. The van der Waals surface area contributed by atoms with Crippen LogP contribution in [0.25, 0.3) is 0 Å². The topological polar surface area (TPSA) is 68.0 Å². The molecule has 2 saturated heterocycles. The van der Waals surface area contributed by atoms with Crippen molar-refractivity contribution < 1.29 is 18.7 Å². The number of carbonyl (C=O) groups is 1. The Kier molecular flexibility index (Phi) is 4.90. The number of carbonyl (C=O) groups excluding carboxylic acids is 1. The van der Waals surface area contributed by atoms with Gasteiger partial charge in [-0.2, -0.15) is 0 Å². The molecule has 138 valence electrons. The minimum Gasteiger partial charge on any atom is -0.481 e. The van der Waals surface area contributed by atoms with Gasteiger partial charge in [-0.15, -0.1) is 0 Å². The zero-order chi connectivity index (χ0) is 17.9. The summed E-state index contributed by atoms with van der Waals surface area (Å²) in [6.45, 7) is 4.33. The summed E-state index contributed by atoms with van der Waals surface area (Å²) < 4.78 is 16.7. The minimum absolute atomic E-state index is 0.0633. The minimum atomic E-state index is -0.0633. The average Bonchev–Trinajstić information content (AvgIpc) is 3.28. The molecular formula is C19H23N3O4. The maximum Gasteiger partial charge on any atom is 0.289 e. The quantitative estimate of drug-likeness (QED) is 0.829. The number of furan rings is 1. The summed E-state index contributed by atoms with van der Waals surface area (Å²) in [7, 11) is 1.64. The molecule has 0 bridgehead atoms. The lowest BCUT2D eigenvalue weighted by atomic mass is 10.1. The Morgan fingerprint density at radius 1 is 1.31 bits per heavy atom. The summed E-state index contributed by atoms with van der Waals surface area (Å²) in [5.74, 6) is 1.28. The predicted molar refractivity (Wildman–Crippen MR) is 93.9 cm³/mol. The molecule has 7 nitrogen and oxygen atoms in total. The van der Waals surface area contributed by atoms with Crippen LogP contribution in [-0.2, 0) is 11.3 Å². The number of aromatic nitrogens is 1. The van der Waals surface area contributed by atoms with Gasteiger partial charge in [0.2, 0.25) is 5.88 Å². The van der Waals surface area contributed by atoms with Crippen LogP contribution in [0.4, 0.5) is 0 Å². The van der Waals surface area contributed by atoms with E-state index in [0.717, 1.165) is 25.2 Å². The number of nitrogens with zero attached hydrogens (tertiary/aromatic N) is 3. The smallest absolute Gasteiger partial charge is 0.289 e. The van der Waals surface area contributed by atoms with Crippen LogP contribution in [0, 0.1) is 5.92 Å². The highest BCUT2D eigenvalue weighted by molar-refractivity contribution is 5.91. The summed E-state index contributed by atoms with van der Waals surface area (Å²) in [5.41, 5.74) is 1.06. The fourth-order valence-electron chi connectivity index (χ4n) is 3.82. The van der Waals surface area contributed by atoms with Gasteiger partial charge in [0.05, 0.1) is 26.1 Å². The third-order valence-electron chi connectivity index (χ3n) is 5.06. The average molecular weight is 357 g/mol. The standard InChI is InChI=1S/C19H23N3O4/c1-24-18-14(4-2-6-20-18)10-21-11-15-12-22(7-9-26-17(15)13-21)19(23)16-5-3-8-25-16/h2-6,8,15,17H,7,9-13H2,1H3/t15-,17-/m1/s1. The summed E-state index contributed by atoms with van der Waals surface area (Å²) >= 11 is 0. The van der Waals surface area contributed by atoms with Crippen LogP contribution in [0.5, 0.6) is 5.88 Å². The number of hydrogen-bond donors (Lipinski definition) is 0. The molecule has 4 heterocycles. The van der Waals surface area contributed by atoms with E-state index in [1.807, 2.05) is 17.0 Å². The van der Waals surface area contributed by atoms with E-state index in [9.17, 15) is 4.79 Å². The Balaban J connectivity index is 1.42. The van der Waals surface area contributed by atoms with E-state index >= 15 is 0 Å². The number of ether oxygens (including phenoxy) is 2. The van der Waals surface area contributed by atoms with Crippen LogP contribution in [0.15, 0.2) is 41.1 Å². The van der Waals surface area contributed by atoms with Gasteiger partial charge in [0.15, 0.2) is 5.76 Å². The number of amides is 1. The molecule has 2 aromatic rings. The molecule has 0 spiro atoms. The van der Waals surface area contributed by atoms with Crippen molar-refractivity contribution in [2.75, 3.05) is 39.9 Å². The van der Waals surface area contributed by atoms with Crippen LogP contribution in [0.3, 0.4) is 0 Å². The maximum absolute atomic E-state index is 12.6. The molecule has 2 atom stereocenters. The van der Waals surface area contributed by atoms with Gasteiger partial charge in [-0.25, -0.2) is 4.98 Å². The molecule has 0 radical (unpaired) electrons. The molecule has 7 heteroatoms. The van der Waals surface area contributed by atoms with Crippen LogP contribution < -0.4 is 4.74 Å². The van der Waals surface area contributed by atoms with Crippen molar-refractivity contribution in [3.05, 3.63) is 48.0 Å². The molecule has 0 aromatic carbocycles. The molecule has 0 aliphatic carbocycles. The Hall–Kier alpha value is -2.38. The SMILES string of the molecule is COc1ncccc1CN1C[C@@H]2CN(C(=O)c3ccco3)CCO[C@@H]2C1. The fraction of sp³-hybridized carbons (Fsp3) is 0.474. The molecule has 0 unspecified atom stereocenters. The van der Waals surface area contributed by atoms with Crippen LogP contribution >= 0.6 is 0 Å².